The predicted octanol–water partition coefficient (Wildman–Crippen LogP) is 5.28. The number of aromatic nitrogens is 5. The van der Waals surface area contributed by atoms with Crippen LogP contribution in [0.25, 0.3) is 21.7 Å². The highest BCUT2D eigenvalue weighted by Crippen LogP contribution is 2.40. The van der Waals surface area contributed by atoms with E-state index in [0.717, 1.165) is 104 Å². The molecule has 368 valence electrons. The van der Waals surface area contributed by atoms with Gasteiger partial charge in [0, 0.05) is 93.6 Å². The maximum Gasteiger partial charge on any atom is 0.246 e. The first kappa shape index (κ1) is 47.4. The third kappa shape index (κ3) is 9.64. The molecule has 17 nitrogen and oxygen atoms in total. The van der Waals surface area contributed by atoms with Crippen LogP contribution in [-0.4, -0.2) is 132 Å². The summed E-state index contributed by atoms with van der Waals surface area (Å²) in [6.45, 7) is 11.4. The predicted molar refractivity (Wildman–Crippen MR) is 269 cm³/mol. The number of carbonyl (C=O) groups is 3. The van der Waals surface area contributed by atoms with E-state index in [-0.39, 0.29) is 61.0 Å². The number of piperazine rings is 1. The van der Waals surface area contributed by atoms with Gasteiger partial charge in [0.05, 0.1) is 33.6 Å². The number of amides is 3. The smallest absolute Gasteiger partial charge is 0.246 e. The summed E-state index contributed by atoms with van der Waals surface area (Å²) < 4.78 is 0. The number of hydrogen-bond acceptors (Lipinski definition) is 15. The molecule has 7 heterocycles. The summed E-state index contributed by atoms with van der Waals surface area (Å²) in [6, 6.07) is 16.1. The molecule has 5 aromatic rings. The fourth-order valence-electron chi connectivity index (χ4n) is 11.3. The van der Waals surface area contributed by atoms with E-state index in [4.69, 9.17) is 15.7 Å². The van der Waals surface area contributed by atoms with E-state index in [9.17, 15) is 24.6 Å². The number of carbonyl (C=O) groups excluding carboxylic acids is 3. The number of nitrogens with one attached hydrogen (secondary N) is 2. The molecule has 4 saturated heterocycles. The van der Waals surface area contributed by atoms with Gasteiger partial charge >= 0.3 is 0 Å². The average Bonchev–Trinajstić information content (AvgIpc) is 4.03. The number of nitrogen functional groups attached to an aromatic ring is 1. The van der Waals surface area contributed by atoms with Crippen molar-refractivity contribution in [3.63, 3.8) is 0 Å². The number of nitrogens with zero attached hydrogens (tertiary/aromatic N) is 9. The van der Waals surface area contributed by atoms with Crippen molar-refractivity contribution < 1.29 is 24.6 Å². The van der Waals surface area contributed by atoms with Gasteiger partial charge in [-0.15, -0.1) is 21.5 Å². The van der Waals surface area contributed by atoms with Gasteiger partial charge in [-0.3, -0.25) is 19.3 Å². The van der Waals surface area contributed by atoms with Gasteiger partial charge in [-0.1, -0.05) is 57.2 Å². The van der Waals surface area contributed by atoms with Crippen molar-refractivity contribution in [2.75, 3.05) is 48.3 Å². The molecule has 10 rings (SSSR count). The number of fused-ring (bicyclic) bond motifs is 2. The Kier molecular flexibility index (Phi) is 13.2. The third-order valence-corrected chi connectivity index (χ3v) is 16.3. The van der Waals surface area contributed by atoms with Gasteiger partial charge in [0.25, 0.3) is 0 Å². The van der Waals surface area contributed by atoms with Crippen LogP contribution in [0.15, 0.2) is 72.5 Å². The largest absolute Gasteiger partial charge is 0.507 e. The summed E-state index contributed by atoms with van der Waals surface area (Å²) >= 11 is 1.59. The fourth-order valence-corrected chi connectivity index (χ4v) is 12.1. The number of nitrogens with two attached hydrogens (primary N) is 1. The van der Waals surface area contributed by atoms with Crippen molar-refractivity contribution in [2.45, 2.75) is 121 Å². The standard InChI is InChI=1S/C52H64N12O5S/c1-30-45(70-29-57-30)32-11-9-31(10-12-32)21-54-49(68)43-19-39(65)28-63(43)50(69)46(52(2,3)4)58-48(67)33-13-15-36(16-14-33)61-24-35(25-61)34-22-55-51(56-23-34)64-37-17-18-38(64)27-62(26-37)42-20-41(59-60-47(42)53)40-7-5-6-8-44(40)66/h5-12,20,22-23,29,33,35-39,43,46,65-66H,13-19,21,24-28H2,1-4H3,(H2,53,60)(H,54,68)(H,58,67)/t33-,36-,37?,38?,39-,43+,46-/m1/s1. The summed E-state index contributed by atoms with van der Waals surface area (Å²) in [5, 5.41) is 35.8. The number of aliphatic hydroxyl groups is 1. The normalized spacial score (nSPS) is 24.3. The van der Waals surface area contributed by atoms with Gasteiger partial charge in [-0.25, -0.2) is 15.0 Å². The SMILES string of the molecule is Cc1ncsc1-c1ccc(CNC(=O)[C@@H]2C[C@@H](O)CN2C(=O)[C@@H](NC(=O)[C@H]2CC[C@H](N3CC(c4cnc(N5C6CCC5CN(c5cc(-c7ccccc7O)nnc5N)C6)nc4)C3)CC2)C(C)(C)C)cc1. The van der Waals surface area contributed by atoms with Gasteiger partial charge in [0.2, 0.25) is 23.7 Å². The molecule has 6 N–H and O–H groups in total. The Hall–Kier alpha value is -6.24. The number of benzene rings is 2. The zero-order chi connectivity index (χ0) is 48.8. The van der Waals surface area contributed by atoms with E-state index in [0.29, 0.717) is 29.0 Å². The molecule has 18 heteroatoms. The number of anilines is 3. The lowest BCUT2D eigenvalue weighted by Gasteiger charge is -2.47. The van der Waals surface area contributed by atoms with E-state index in [1.807, 2.05) is 88.1 Å². The van der Waals surface area contributed by atoms with E-state index >= 15 is 0 Å². The Morgan fingerprint density at radius 3 is 2.20 bits per heavy atom. The molecular weight excluding hydrogens is 905 g/mol. The zero-order valence-corrected chi connectivity index (χ0v) is 41.2. The van der Waals surface area contributed by atoms with Crippen LogP contribution in [0.5, 0.6) is 5.75 Å². The van der Waals surface area contributed by atoms with Crippen molar-refractivity contribution in [1.29, 1.82) is 0 Å². The van der Waals surface area contributed by atoms with Gasteiger partial charge in [0.1, 0.15) is 17.8 Å². The second-order valence-corrected chi connectivity index (χ2v) is 21.9. The summed E-state index contributed by atoms with van der Waals surface area (Å²) in [6.07, 6.45) is 8.62. The highest BCUT2D eigenvalue weighted by molar-refractivity contribution is 7.13. The first-order chi connectivity index (χ1) is 33.7. The van der Waals surface area contributed by atoms with Gasteiger partial charge in [-0.2, -0.15) is 0 Å². The van der Waals surface area contributed by atoms with Crippen molar-refractivity contribution in [3.8, 4) is 27.4 Å². The molecule has 2 unspecified atom stereocenters. The average molecular weight is 969 g/mol. The first-order valence-corrected chi connectivity index (χ1v) is 25.6. The van der Waals surface area contributed by atoms with Gasteiger partial charge in [0.15, 0.2) is 5.82 Å². The van der Waals surface area contributed by atoms with Crippen molar-refractivity contribution in [2.24, 2.45) is 11.3 Å². The summed E-state index contributed by atoms with van der Waals surface area (Å²) in [7, 11) is 0. The molecule has 0 spiro atoms. The van der Waals surface area contributed by atoms with E-state index in [2.05, 4.69) is 40.5 Å². The summed E-state index contributed by atoms with van der Waals surface area (Å²) in [5.41, 5.74) is 13.7. The molecule has 70 heavy (non-hydrogen) atoms. The van der Waals surface area contributed by atoms with Crippen LogP contribution in [0, 0.1) is 18.3 Å². The summed E-state index contributed by atoms with van der Waals surface area (Å²) in [4.78, 5) is 65.7. The Morgan fingerprint density at radius 1 is 0.857 bits per heavy atom. The Labute approximate surface area is 412 Å². The number of β-amino-alcohol motifs (C(OH)–C–C–N with tert-alkyl or cyclic N) is 1. The minimum Gasteiger partial charge on any atom is -0.507 e. The molecule has 3 aromatic heterocycles. The first-order valence-electron chi connectivity index (χ1n) is 24.7. The molecule has 1 aliphatic carbocycles. The van der Waals surface area contributed by atoms with Crippen LogP contribution in [-0.2, 0) is 20.9 Å². The van der Waals surface area contributed by atoms with Crippen molar-refractivity contribution >= 4 is 46.5 Å². The number of phenolic OH excluding ortho intramolecular Hbond substituents is 1. The van der Waals surface area contributed by atoms with Crippen LogP contribution < -0.4 is 26.2 Å². The molecule has 2 aromatic carbocycles. The molecule has 5 aliphatic rings. The van der Waals surface area contributed by atoms with E-state index in [1.165, 1.54) is 4.90 Å². The number of likely N-dealkylation sites (tertiary alicyclic amines) is 2. The molecule has 1 saturated carbocycles. The maximum atomic E-state index is 14.3. The molecule has 0 radical (unpaired) electrons. The van der Waals surface area contributed by atoms with E-state index < -0.39 is 23.6 Å². The number of aryl methyl sites for hydroxylation is 1. The molecule has 3 amide bonds. The van der Waals surface area contributed by atoms with Crippen LogP contribution in [0.4, 0.5) is 17.5 Å². The van der Waals surface area contributed by atoms with Crippen LogP contribution in [0.1, 0.15) is 88.5 Å². The number of para-hydroxylation sites is 1. The Morgan fingerprint density at radius 2 is 1.54 bits per heavy atom. The van der Waals surface area contributed by atoms with Gasteiger partial charge < -0.3 is 41.3 Å². The van der Waals surface area contributed by atoms with Crippen LogP contribution in [0.3, 0.4) is 0 Å². The number of hydrogen-bond donors (Lipinski definition) is 5. The third-order valence-electron chi connectivity index (χ3n) is 15.4. The lowest BCUT2D eigenvalue weighted by atomic mass is 9.80. The Balaban J connectivity index is 0.690. The number of phenols is 1. The monoisotopic (exact) mass is 968 g/mol. The molecule has 2 bridgehead atoms. The highest BCUT2D eigenvalue weighted by atomic mass is 32.1. The fraction of sp³-hybridized carbons (Fsp3) is 0.500. The Bertz CT molecular complexity index is 2680. The maximum absolute atomic E-state index is 14.3. The van der Waals surface area contributed by atoms with E-state index in [1.54, 1.807) is 23.5 Å². The lowest BCUT2D eigenvalue weighted by molar-refractivity contribution is -0.144. The molecule has 5 fully saturated rings. The highest BCUT2D eigenvalue weighted by Gasteiger charge is 2.46. The second-order valence-electron chi connectivity index (χ2n) is 21.1. The second kappa shape index (κ2) is 19.5. The number of aromatic hydroxyl groups is 1. The van der Waals surface area contributed by atoms with Crippen LogP contribution in [0.2, 0.25) is 0 Å². The van der Waals surface area contributed by atoms with Crippen molar-refractivity contribution in [1.82, 2.24) is 45.6 Å². The minimum atomic E-state index is -0.861. The van der Waals surface area contributed by atoms with Crippen molar-refractivity contribution in [3.05, 3.63) is 89.3 Å². The molecule has 5 atom stereocenters. The topological polar surface area (TPSA) is 219 Å². The lowest BCUT2D eigenvalue weighted by Crippen LogP contribution is -2.58. The van der Waals surface area contributed by atoms with Gasteiger partial charge in [-0.05, 0) is 85.8 Å². The summed E-state index contributed by atoms with van der Waals surface area (Å²) in [5.74, 6) is 0.617. The zero-order valence-electron chi connectivity index (χ0n) is 40.4. The quantitative estimate of drug-likeness (QED) is 0.108. The van der Waals surface area contributed by atoms with Crippen LogP contribution >= 0.6 is 11.3 Å². The number of rotatable bonds is 12. The molecular formula is C52H64N12O5S. The number of aliphatic hydroxyl groups excluding tert-OH is 1. The molecule has 4 aliphatic heterocycles. The number of thiazole rings is 1. The minimum absolute atomic E-state index is 0.0336.